The largest absolute Gasteiger partial charge is 0.339 e. The van der Waals surface area contributed by atoms with Crippen LogP contribution < -0.4 is 0 Å². The molecular weight excluding hydrogens is 302 g/mol. The van der Waals surface area contributed by atoms with Crippen molar-refractivity contribution in [1.82, 2.24) is 4.90 Å². The van der Waals surface area contributed by atoms with Gasteiger partial charge in [-0.2, -0.15) is 0 Å². The average molecular weight is 324 g/mol. The lowest BCUT2D eigenvalue weighted by Crippen LogP contribution is -2.40. The zero-order valence-electron chi connectivity index (χ0n) is 11.4. The first-order valence-corrected chi connectivity index (χ1v) is 8.33. The first-order chi connectivity index (χ1) is 9.31. The number of benzene rings is 1. The third-order valence-electron chi connectivity index (χ3n) is 3.88. The molecule has 1 amide bonds. The van der Waals surface area contributed by atoms with E-state index in [0.717, 1.165) is 18.3 Å². The second-order valence-electron chi connectivity index (χ2n) is 5.20. The number of aryl methyl sites for hydroxylation is 1. The molecule has 0 atom stereocenters. The number of nitrogens with zero attached hydrogens (tertiary/aromatic N) is 1. The summed E-state index contributed by atoms with van der Waals surface area (Å²) in [6.45, 7) is 0.846. The molecule has 0 aliphatic heterocycles. The Hall–Kier alpha value is -0.830. The molecule has 0 unspecified atom stereocenters. The van der Waals surface area contributed by atoms with Gasteiger partial charge < -0.3 is 4.90 Å². The van der Waals surface area contributed by atoms with E-state index in [1.54, 1.807) is 0 Å². The van der Waals surface area contributed by atoms with Crippen LogP contribution in [-0.4, -0.2) is 28.7 Å². The van der Waals surface area contributed by atoms with Crippen LogP contribution in [0.15, 0.2) is 30.3 Å². The molecule has 0 aromatic heterocycles. The molecule has 1 aliphatic carbocycles. The van der Waals surface area contributed by atoms with Gasteiger partial charge in [0.05, 0.1) is 0 Å². The van der Waals surface area contributed by atoms with Crippen molar-refractivity contribution in [3.8, 4) is 0 Å². The molecule has 0 bridgehead atoms. The second kappa shape index (κ2) is 7.68. The average Bonchev–Trinajstić information content (AvgIpc) is 2.97. The normalized spacial score (nSPS) is 15.6. The monoisotopic (exact) mass is 323 g/mol. The summed E-state index contributed by atoms with van der Waals surface area (Å²) in [5, 5.41) is 0.876. The van der Waals surface area contributed by atoms with Crippen LogP contribution in [0.1, 0.15) is 37.7 Å². The van der Waals surface area contributed by atoms with Gasteiger partial charge >= 0.3 is 0 Å². The van der Waals surface area contributed by atoms with Crippen molar-refractivity contribution in [3.05, 3.63) is 35.9 Å². The molecule has 1 saturated carbocycles. The number of alkyl halides is 1. The Morgan fingerprint density at radius 1 is 1.21 bits per heavy atom. The molecule has 1 fully saturated rings. The Morgan fingerprint density at radius 2 is 1.89 bits per heavy atom. The van der Waals surface area contributed by atoms with Crippen molar-refractivity contribution in [1.29, 1.82) is 0 Å². The highest BCUT2D eigenvalue weighted by molar-refractivity contribution is 9.09. The summed E-state index contributed by atoms with van der Waals surface area (Å²) >= 11 is 3.47. The van der Waals surface area contributed by atoms with Crippen molar-refractivity contribution >= 4 is 21.8 Å². The van der Waals surface area contributed by atoms with Crippen LogP contribution in [0.25, 0.3) is 0 Å². The van der Waals surface area contributed by atoms with Gasteiger partial charge in [-0.3, -0.25) is 4.79 Å². The van der Waals surface area contributed by atoms with Gasteiger partial charge in [-0.25, -0.2) is 0 Å². The molecule has 3 heteroatoms. The van der Waals surface area contributed by atoms with Gasteiger partial charge in [0.1, 0.15) is 0 Å². The van der Waals surface area contributed by atoms with E-state index in [-0.39, 0.29) is 0 Å². The molecule has 0 saturated heterocycles. The third kappa shape index (κ3) is 4.34. The van der Waals surface area contributed by atoms with E-state index in [4.69, 9.17) is 0 Å². The second-order valence-corrected chi connectivity index (χ2v) is 5.99. The van der Waals surface area contributed by atoms with Crippen molar-refractivity contribution in [3.63, 3.8) is 0 Å². The first kappa shape index (κ1) is 14.6. The van der Waals surface area contributed by atoms with Crippen LogP contribution in [0, 0.1) is 0 Å². The fourth-order valence-electron chi connectivity index (χ4n) is 2.86. The van der Waals surface area contributed by atoms with E-state index in [0.29, 0.717) is 18.4 Å². The summed E-state index contributed by atoms with van der Waals surface area (Å²) in [4.78, 5) is 14.5. The van der Waals surface area contributed by atoms with Crippen molar-refractivity contribution in [2.75, 3.05) is 11.9 Å². The Bertz CT molecular complexity index is 387. The minimum Gasteiger partial charge on any atom is -0.339 e. The van der Waals surface area contributed by atoms with Gasteiger partial charge in [-0.15, -0.1) is 0 Å². The Labute approximate surface area is 124 Å². The number of carbonyl (C=O) groups excluding carboxylic acids is 1. The van der Waals surface area contributed by atoms with Gasteiger partial charge in [0, 0.05) is 24.3 Å². The number of carbonyl (C=O) groups is 1. The van der Waals surface area contributed by atoms with Crippen molar-refractivity contribution in [2.45, 2.75) is 44.6 Å². The zero-order valence-corrected chi connectivity index (χ0v) is 12.9. The lowest BCUT2D eigenvalue weighted by Gasteiger charge is -2.28. The highest BCUT2D eigenvalue weighted by Crippen LogP contribution is 2.24. The van der Waals surface area contributed by atoms with E-state index in [2.05, 4.69) is 33.0 Å². The molecule has 104 valence electrons. The van der Waals surface area contributed by atoms with Crippen LogP contribution >= 0.6 is 15.9 Å². The number of amides is 1. The minimum absolute atomic E-state index is 0.315. The molecule has 0 N–H and O–H groups in total. The molecule has 19 heavy (non-hydrogen) atoms. The lowest BCUT2D eigenvalue weighted by molar-refractivity contribution is -0.133. The zero-order chi connectivity index (χ0) is 13.5. The van der Waals surface area contributed by atoms with Crippen molar-refractivity contribution < 1.29 is 4.79 Å². The summed E-state index contributed by atoms with van der Waals surface area (Å²) in [5.74, 6) is 0.315. The molecule has 1 aliphatic rings. The molecule has 1 aromatic rings. The third-order valence-corrected chi connectivity index (χ3v) is 4.24. The SMILES string of the molecule is O=C(CCc1ccccc1)N(CCBr)C1CCCC1. The van der Waals surface area contributed by atoms with Crippen LogP contribution in [-0.2, 0) is 11.2 Å². The maximum Gasteiger partial charge on any atom is 0.223 e. The predicted octanol–water partition coefficient (Wildman–Crippen LogP) is 3.79. The molecule has 1 aromatic carbocycles. The van der Waals surface area contributed by atoms with Gasteiger partial charge in [0.2, 0.25) is 5.91 Å². The summed E-state index contributed by atoms with van der Waals surface area (Å²) in [5.41, 5.74) is 1.25. The van der Waals surface area contributed by atoms with Crippen LogP contribution in [0.5, 0.6) is 0 Å². The van der Waals surface area contributed by atoms with Gasteiger partial charge in [-0.1, -0.05) is 59.1 Å². The fourth-order valence-corrected chi connectivity index (χ4v) is 3.24. The maximum atomic E-state index is 12.4. The van der Waals surface area contributed by atoms with E-state index in [9.17, 15) is 4.79 Å². The van der Waals surface area contributed by atoms with Crippen LogP contribution in [0.3, 0.4) is 0 Å². The van der Waals surface area contributed by atoms with Gasteiger partial charge in [-0.05, 0) is 24.8 Å². The molecular formula is C16H22BrNO. The molecule has 2 nitrogen and oxygen atoms in total. The predicted molar refractivity (Wildman–Crippen MR) is 82.5 cm³/mol. The van der Waals surface area contributed by atoms with E-state index < -0.39 is 0 Å². The highest BCUT2D eigenvalue weighted by atomic mass is 79.9. The van der Waals surface area contributed by atoms with Crippen LogP contribution in [0.2, 0.25) is 0 Å². The van der Waals surface area contributed by atoms with Crippen LogP contribution in [0.4, 0.5) is 0 Å². The number of hydrogen-bond donors (Lipinski definition) is 0. The van der Waals surface area contributed by atoms with E-state index >= 15 is 0 Å². The Kier molecular flexibility index (Phi) is 5.90. The Balaban J connectivity index is 1.88. The summed E-state index contributed by atoms with van der Waals surface area (Å²) in [6, 6.07) is 10.8. The number of halogens is 1. The first-order valence-electron chi connectivity index (χ1n) is 7.20. The summed E-state index contributed by atoms with van der Waals surface area (Å²) in [7, 11) is 0. The minimum atomic E-state index is 0.315. The van der Waals surface area contributed by atoms with E-state index in [1.807, 2.05) is 18.2 Å². The van der Waals surface area contributed by atoms with E-state index in [1.165, 1.54) is 31.2 Å². The molecule has 0 radical (unpaired) electrons. The highest BCUT2D eigenvalue weighted by Gasteiger charge is 2.25. The fraction of sp³-hybridized carbons (Fsp3) is 0.562. The topological polar surface area (TPSA) is 20.3 Å². The smallest absolute Gasteiger partial charge is 0.223 e. The van der Waals surface area contributed by atoms with Crippen molar-refractivity contribution in [2.24, 2.45) is 0 Å². The molecule has 0 spiro atoms. The molecule has 2 rings (SSSR count). The van der Waals surface area contributed by atoms with Gasteiger partial charge in [0.25, 0.3) is 0 Å². The lowest BCUT2D eigenvalue weighted by atomic mass is 10.1. The van der Waals surface area contributed by atoms with Gasteiger partial charge in [0.15, 0.2) is 0 Å². The summed E-state index contributed by atoms with van der Waals surface area (Å²) in [6.07, 6.45) is 6.40. The quantitative estimate of drug-likeness (QED) is 0.729. The maximum absolute atomic E-state index is 12.4. The number of hydrogen-bond acceptors (Lipinski definition) is 1. The Morgan fingerprint density at radius 3 is 2.53 bits per heavy atom. The molecule has 0 heterocycles. The summed E-state index contributed by atoms with van der Waals surface area (Å²) < 4.78 is 0. The standard InChI is InChI=1S/C16H22BrNO/c17-12-13-18(15-8-4-5-9-15)16(19)11-10-14-6-2-1-3-7-14/h1-3,6-7,15H,4-5,8-13H2. The number of rotatable bonds is 6.